The Morgan fingerprint density at radius 1 is 1.50 bits per heavy atom. The molecule has 0 aliphatic heterocycles. The lowest BCUT2D eigenvalue weighted by molar-refractivity contribution is -0.123. The Morgan fingerprint density at radius 2 is 2.25 bits per heavy atom. The normalized spacial score (nSPS) is 28.3. The van der Waals surface area contributed by atoms with E-state index in [0.29, 0.717) is 11.7 Å². The fourth-order valence-electron chi connectivity index (χ4n) is 3.05. The Bertz CT molecular complexity index is 440. The maximum absolute atomic E-state index is 10.6. The second kappa shape index (κ2) is 7.17. The van der Waals surface area contributed by atoms with Crippen molar-refractivity contribution in [3.63, 3.8) is 0 Å². The van der Waals surface area contributed by atoms with Crippen molar-refractivity contribution in [1.29, 1.82) is 0 Å². The number of ether oxygens (including phenoxy) is 1. The van der Waals surface area contributed by atoms with E-state index in [9.17, 15) is 5.11 Å². The second-order valence-corrected chi connectivity index (χ2v) is 7.20. The highest BCUT2D eigenvalue weighted by molar-refractivity contribution is 7.99. The molecule has 0 heterocycles. The van der Waals surface area contributed by atoms with E-state index in [4.69, 9.17) is 16.3 Å². The van der Waals surface area contributed by atoms with Gasteiger partial charge in [0.15, 0.2) is 0 Å². The van der Waals surface area contributed by atoms with Gasteiger partial charge in [-0.05, 0) is 30.9 Å². The van der Waals surface area contributed by atoms with Gasteiger partial charge in [-0.25, -0.2) is 0 Å². The van der Waals surface area contributed by atoms with Crippen LogP contribution >= 0.6 is 23.4 Å². The number of hydrogen-bond donors (Lipinski definition) is 1. The third kappa shape index (κ3) is 3.70. The summed E-state index contributed by atoms with van der Waals surface area (Å²) in [4.78, 5) is 1.02. The van der Waals surface area contributed by atoms with Crippen LogP contribution in [-0.2, 0) is 4.74 Å². The predicted octanol–water partition coefficient (Wildman–Crippen LogP) is 4.39. The molecule has 20 heavy (non-hydrogen) atoms. The molecule has 1 N–H and O–H groups in total. The quantitative estimate of drug-likeness (QED) is 0.817. The molecule has 2 nitrogen and oxygen atoms in total. The van der Waals surface area contributed by atoms with Crippen LogP contribution in [0.1, 0.15) is 32.6 Å². The first-order chi connectivity index (χ1) is 9.57. The number of aliphatic hydroxyl groups is 1. The van der Waals surface area contributed by atoms with E-state index >= 15 is 0 Å². The summed E-state index contributed by atoms with van der Waals surface area (Å²) in [6.45, 7) is 2.24. The van der Waals surface area contributed by atoms with Crippen molar-refractivity contribution in [3.8, 4) is 0 Å². The summed E-state index contributed by atoms with van der Waals surface area (Å²) < 4.78 is 5.73. The number of aliphatic hydroxyl groups excluding tert-OH is 1. The van der Waals surface area contributed by atoms with Crippen molar-refractivity contribution < 1.29 is 9.84 Å². The van der Waals surface area contributed by atoms with Gasteiger partial charge < -0.3 is 9.84 Å². The molecule has 0 saturated heterocycles. The predicted molar refractivity (Wildman–Crippen MR) is 85.6 cm³/mol. The number of halogens is 1. The molecule has 1 fully saturated rings. The van der Waals surface area contributed by atoms with Crippen LogP contribution in [0.5, 0.6) is 0 Å². The van der Waals surface area contributed by atoms with E-state index in [1.54, 1.807) is 18.9 Å². The molecule has 0 aromatic heterocycles. The number of thioether (sulfide) groups is 1. The lowest BCUT2D eigenvalue weighted by Gasteiger charge is -2.42. The van der Waals surface area contributed by atoms with Crippen LogP contribution in [0.15, 0.2) is 29.2 Å². The molecule has 1 saturated carbocycles. The summed E-state index contributed by atoms with van der Waals surface area (Å²) in [5.74, 6) is 1.23. The monoisotopic (exact) mass is 314 g/mol. The van der Waals surface area contributed by atoms with E-state index in [0.717, 1.165) is 29.2 Å². The zero-order valence-electron chi connectivity index (χ0n) is 12.1. The first-order valence-corrected chi connectivity index (χ1v) is 8.54. The molecule has 112 valence electrons. The summed E-state index contributed by atoms with van der Waals surface area (Å²) in [7, 11) is 1.72. The minimum absolute atomic E-state index is 0.383. The van der Waals surface area contributed by atoms with Gasteiger partial charge in [-0.1, -0.05) is 43.5 Å². The van der Waals surface area contributed by atoms with E-state index in [1.165, 1.54) is 6.42 Å². The smallest absolute Gasteiger partial charge is 0.0947 e. The maximum Gasteiger partial charge on any atom is 0.0947 e. The number of methoxy groups -OCH3 is 1. The standard InChI is InChI=1S/C16H23ClO2S/c1-12-6-5-9-16(10-12,19-2)15(18)11-20-14-8-4-3-7-13(14)17/h3-4,7-8,12,15,18H,5-6,9-11H2,1-2H3. The minimum Gasteiger partial charge on any atom is -0.389 e. The van der Waals surface area contributed by atoms with E-state index in [-0.39, 0.29) is 5.60 Å². The molecule has 1 aromatic carbocycles. The van der Waals surface area contributed by atoms with Gasteiger partial charge in [-0.3, -0.25) is 0 Å². The van der Waals surface area contributed by atoms with Crippen molar-refractivity contribution >= 4 is 23.4 Å². The van der Waals surface area contributed by atoms with Crippen LogP contribution in [0.25, 0.3) is 0 Å². The van der Waals surface area contributed by atoms with Gasteiger partial charge in [0.2, 0.25) is 0 Å². The molecule has 4 heteroatoms. The number of rotatable bonds is 5. The first kappa shape index (κ1) is 16.2. The molecule has 0 bridgehead atoms. The maximum atomic E-state index is 10.6. The minimum atomic E-state index is -0.462. The highest BCUT2D eigenvalue weighted by Gasteiger charge is 2.41. The third-order valence-corrected chi connectivity index (χ3v) is 5.83. The Hall–Kier alpha value is -0.220. The summed E-state index contributed by atoms with van der Waals surface area (Å²) in [5, 5.41) is 11.3. The van der Waals surface area contributed by atoms with Crippen LogP contribution in [-0.4, -0.2) is 29.7 Å². The van der Waals surface area contributed by atoms with E-state index in [1.807, 2.05) is 24.3 Å². The third-order valence-electron chi connectivity index (χ3n) is 4.24. The van der Waals surface area contributed by atoms with Gasteiger partial charge >= 0.3 is 0 Å². The molecular formula is C16H23ClO2S. The summed E-state index contributed by atoms with van der Waals surface area (Å²) in [6, 6.07) is 7.76. The van der Waals surface area contributed by atoms with Crippen molar-refractivity contribution in [2.75, 3.05) is 12.9 Å². The largest absolute Gasteiger partial charge is 0.389 e. The molecule has 1 aliphatic carbocycles. The lowest BCUT2D eigenvalue weighted by atomic mass is 9.76. The molecular weight excluding hydrogens is 292 g/mol. The molecule has 0 amide bonds. The van der Waals surface area contributed by atoms with Crippen LogP contribution < -0.4 is 0 Å². The average Bonchev–Trinajstić information content (AvgIpc) is 2.46. The molecule has 2 rings (SSSR count). The first-order valence-electron chi connectivity index (χ1n) is 7.18. The molecule has 0 spiro atoms. The summed E-state index contributed by atoms with van der Waals surface area (Å²) in [5.41, 5.74) is -0.383. The van der Waals surface area contributed by atoms with Gasteiger partial charge in [0.1, 0.15) is 0 Å². The van der Waals surface area contributed by atoms with Crippen molar-refractivity contribution in [1.82, 2.24) is 0 Å². The zero-order valence-corrected chi connectivity index (χ0v) is 13.7. The Morgan fingerprint density at radius 3 is 2.90 bits per heavy atom. The molecule has 1 aromatic rings. The number of benzene rings is 1. The highest BCUT2D eigenvalue weighted by atomic mass is 35.5. The molecule has 3 unspecified atom stereocenters. The van der Waals surface area contributed by atoms with Crippen LogP contribution in [0.3, 0.4) is 0 Å². The van der Waals surface area contributed by atoms with Gasteiger partial charge in [0.25, 0.3) is 0 Å². The fraction of sp³-hybridized carbons (Fsp3) is 0.625. The summed E-state index contributed by atoms with van der Waals surface area (Å²) >= 11 is 7.75. The molecule has 3 atom stereocenters. The van der Waals surface area contributed by atoms with Crippen LogP contribution in [0, 0.1) is 5.92 Å². The van der Waals surface area contributed by atoms with Gasteiger partial charge in [0, 0.05) is 17.8 Å². The van der Waals surface area contributed by atoms with Crippen molar-refractivity contribution in [2.24, 2.45) is 5.92 Å². The topological polar surface area (TPSA) is 29.5 Å². The van der Waals surface area contributed by atoms with Crippen molar-refractivity contribution in [3.05, 3.63) is 29.3 Å². The SMILES string of the molecule is COC1(C(O)CSc2ccccc2Cl)CCCC(C)C1. The van der Waals surface area contributed by atoms with Crippen LogP contribution in [0.4, 0.5) is 0 Å². The second-order valence-electron chi connectivity index (χ2n) is 5.73. The van der Waals surface area contributed by atoms with Crippen LogP contribution in [0.2, 0.25) is 5.02 Å². The average molecular weight is 315 g/mol. The van der Waals surface area contributed by atoms with E-state index < -0.39 is 6.10 Å². The summed E-state index contributed by atoms with van der Waals surface area (Å²) in [6.07, 6.45) is 3.78. The molecule has 1 aliphatic rings. The fourth-order valence-corrected chi connectivity index (χ4v) is 4.37. The van der Waals surface area contributed by atoms with Crippen molar-refractivity contribution in [2.45, 2.75) is 49.2 Å². The van der Waals surface area contributed by atoms with Gasteiger partial charge in [-0.15, -0.1) is 11.8 Å². The Labute approximate surface area is 130 Å². The van der Waals surface area contributed by atoms with E-state index in [2.05, 4.69) is 6.92 Å². The zero-order chi connectivity index (χ0) is 14.6. The van der Waals surface area contributed by atoms with Gasteiger partial charge in [0.05, 0.1) is 16.7 Å². The molecule has 0 radical (unpaired) electrons. The lowest BCUT2D eigenvalue weighted by Crippen LogP contribution is -2.48. The Kier molecular flexibility index (Phi) is 5.79. The highest BCUT2D eigenvalue weighted by Crippen LogP contribution is 2.39. The number of hydrogen-bond acceptors (Lipinski definition) is 3. The van der Waals surface area contributed by atoms with Gasteiger partial charge in [-0.2, -0.15) is 0 Å². The Balaban J connectivity index is 1.99.